The van der Waals surface area contributed by atoms with Gasteiger partial charge in [-0.25, -0.2) is 9.50 Å². The van der Waals surface area contributed by atoms with E-state index < -0.39 is 0 Å². The molecule has 0 spiro atoms. The highest BCUT2D eigenvalue weighted by molar-refractivity contribution is 5.68. The van der Waals surface area contributed by atoms with Crippen LogP contribution >= 0.6 is 0 Å². The molecule has 0 unspecified atom stereocenters. The summed E-state index contributed by atoms with van der Waals surface area (Å²) in [6.45, 7) is 2.13. The molecule has 0 aliphatic heterocycles. The monoisotopic (exact) mass is 260 g/mol. The zero-order chi connectivity index (χ0) is 13.3. The molecule has 19 heavy (non-hydrogen) atoms. The number of aliphatic hydroxyl groups is 1. The molecule has 2 aromatic rings. The van der Waals surface area contributed by atoms with Gasteiger partial charge in [-0.05, 0) is 25.8 Å². The van der Waals surface area contributed by atoms with Crippen molar-refractivity contribution in [2.24, 2.45) is 0 Å². The van der Waals surface area contributed by atoms with Crippen LogP contribution in [0, 0.1) is 6.92 Å². The molecule has 1 fully saturated rings. The number of rotatable bonds is 3. The molecule has 0 amide bonds. The molecule has 1 saturated carbocycles. The average molecular weight is 260 g/mol. The van der Waals surface area contributed by atoms with Crippen LogP contribution in [-0.2, 0) is 0 Å². The van der Waals surface area contributed by atoms with Crippen molar-refractivity contribution in [1.82, 2.24) is 14.6 Å². The second-order valence-electron chi connectivity index (χ2n) is 5.52. The minimum Gasteiger partial charge on any atom is -0.394 e. The summed E-state index contributed by atoms with van der Waals surface area (Å²) in [5, 5.41) is 17.6. The second kappa shape index (κ2) is 4.81. The summed E-state index contributed by atoms with van der Waals surface area (Å²) in [4.78, 5) is 4.42. The molecule has 2 aromatic heterocycles. The largest absolute Gasteiger partial charge is 0.394 e. The summed E-state index contributed by atoms with van der Waals surface area (Å²) >= 11 is 0. The number of aromatic nitrogens is 3. The van der Waals surface area contributed by atoms with E-state index in [1.54, 1.807) is 6.20 Å². The van der Waals surface area contributed by atoms with Crippen LogP contribution < -0.4 is 5.32 Å². The lowest BCUT2D eigenvalue weighted by molar-refractivity contribution is 0.172. The van der Waals surface area contributed by atoms with Crippen molar-refractivity contribution >= 4 is 11.3 Å². The fourth-order valence-corrected chi connectivity index (χ4v) is 2.94. The Morgan fingerprint density at radius 1 is 1.37 bits per heavy atom. The number of anilines is 1. The minimum absolute atomic E-state index is 0.156. The number of aliphatic hydroxyl groups excluding tert-OH is 1. The van der Waals surface area contributed by atoms with E-state index in [0.29, 0.717) is 0 Å². The number of fused-ring (bicyclic) bond motifs is 1. The van der Waals surface area contributed by atoms with Gasteiger partial charge in [0, 0.05) is 12.4 Å². The van der Waals surface area contributed by atoms with Crippen molar-refractivity contribution < 1.29 is 5.11 Å². The van der Waals surface area contributed by atoms with Gasteiger partial charge in [0.1, 0.15) is 5.52 Å². The Labute approximate surface area is 112 Å². The summed E-state index contributed by atoms with van der Waals surface area (Å²) in [5.74, 6) is 0.819. The standard InChI is InChI=1S/C14H20N4O/c1-11-9-12-13(15-7-8-18(12)17-11)16-14(10-19)5-3-2-4-6-14/h7-9,19H,2-6,10H2,1H3,(H,15,16). The fourth-order valence-electron chi connectivity index (χ4n) is 2.94. The van der Waals surface area contributed by atoms with E-state index in [4.69, 9.17) is 0 Å². The first kappa shape index (κ1) is 12.4. The van der Waals surface area contributed by atoms with Crippen molar-refractivity contribution in [2.75, 3.05) is 11.9 Å². The fraction of sp³-hybridized carbons (Fsp3) is 0.571. The number of hydrogen-bond acceptors (Lipinski definition) is 4. The van der Waals surface area contributed by atoms with E-state index in [-0.39, 0.29) is 12.1 Å². The van der Waals surface area contributed by atoms with Crippen LogP contribution in [0.2, 0.25) is 0 Å². The summed E-state index contributed by atoms with van der Waals surface area (Å²) in [6.07, 6.45) is 9.17. The number of hydrogen-bond donors (Lipinski definition) is 2. The number of nitrogens with zero attached hydrogens (tertiary/aromatic N) is 3. The second-order valence-corrected chi connectivity index (χ2v) is 5.52. The van der Waals surface area contributed by atoms with Crippen molar-refractivity contribution in [3.05, 3.63) is 24.2 Å². The van der Waals surface area contributed by atoms with Crippen LogP contribution in [0.1, 0.15) is 37.8 Å². The molecular formula is C14H20N4O. The predicted molar refractivity (Wildman–Crippen MR) is 74.2 cm³/mol. The molecule has 0 bridgehead atoms. The van der Waals surface area contributed by atoms with Crippen LogP contribution in [0.3, 0.4) is 0 Å². The van der Waals surface area contributed by atoms with Gasteiger partial charge in [0.15, 0.2) is 5.82 Å². The molecule has 1 aliphatic rings. The SMILES string of the molecule is Cc1cc2c(NC3(CO)CCCCC3)nccn2n1. The molecule has 0 radical (unpaired) electrons. The summed E-state index contributed by atoms with van der Waals surface area (Å²) in [7, 11) is 0. The smallest absolute Gasteiger partial charge is 0.152 e. The molecule has 2 N–H and O–H groups in total. The number of nitrogens with one attached hydrogen (secondary N) is 1. The molecule has 5 heteroatoms. The first-order valence-corrected chi connectivity index (χ1v) is 6.92. The molecule has 0 atom stereocenters. The van der Waals surface area contributed by atoms with E-state index in [2.05, 4.69) is 15.4 Å². The van der Waals surface area contributed by atoms with Crippen molar-refractivity contribution in [3.8, 4) is 0 Å². The Morgan fingerprint density at radius 3 is 2.89 bits per heavy atom. The van der Waals surface area contributed by atoms with E-state index in [9.17, 15) is 5.11 Å². The average Bonchev–Trinajstić information content (AvgIpc) is 2.81. The van der Waals surface area contributed by atoms with Crippen LogP contribution in [-0.4, -0.2) is 31.9 Å². The van der Waals surface area contributed by atoms with Gasteiger partial charge in [0.05, 0.1) is 17.8 Å². The predicted octanol–water partition coefficient (Wildman–Crippen LogP) is 2.14. The summed E-state index contributed by atoms with van der Waals surface area (Å²) < 4.78 is 1.83. The van der Waals surface area contributed by atoms with Crippen LogP contribution in [0.4, 0.5) is 5.82 Å². The van der Waals surface area contributed by atoms with Gasteiger partial charge < -0.3 is 10.4 Å². The lowest BCUT2D eigenvalue weighted by atomic mass is 9.82. The van der Waals surface area contributed by atoms with Crippen LogP contribution in [0.5, 0.6) is 0 Å². The maximum Gasteiger partial charge on any atom is 0.152 e. The highest BCUT2D eigenvalue weighted by atomic mass is 16.3. The molecule has 1 aliphatic carbocycles. The van der Waals surface area contributed by atoms with Crippen LogP contribution in [0.15, 0.2) is 18.5 Å². The van der Waals surface area contributed by atoms with Gasteiger partial charge in [-0.15, -0.1) is 0 Å². The first-order chi connectivity index (χ1) is 9.22. The van der Waals surface area contributed by atoms with Crippen molar-refractivity contribution in [2.45, 2.75) is 44.6 Å². The normalized spacial score (nSPS) is 18.6. The Kier molecular flexibility index (Phi) is 3.14. The lowest BCUT2D eigenvalue weighted by Gasteiger charge is -2.37. The lowest BCUT2D eigenvalue weighted by Crippen LogP contribution is -2.44. The Morgan fingerprint density at radius 2 is 2.16 bits per heavy atom. The van der Waals surface area contributed by atoms with Gasteiger partial charge in [-0.2, -0.15) is 5.10 Å². The maximum absolute atomic E-state index is 9.77. The molecule has 0 saturated heterocycles. The molecular weight excluding hydrogens is 240 g/mol. The van der Waals surface area contributed by atoms with Gasteiger partial charge in [0.2, 0.25) is 0 Å². The van der Waals surface area contributed by atoms with Gasteiger partial charge in [0.25, 0.3) is 0 Å². The van der Waals surface area contributed by atoms with Crippen molar-refractivity contribution in [1.29, 1.82) is 0 Å². The Bertz CT molecular complexity index is 572. The zero-order valence-corrected chi connectivity index (χ0v) is 11.3. The number of aryl methyl sites for hydroxylation is 1. The topological polar surface area (TPSA) is 62.5 Å². The maximum atomic E-state index is 9.77. The van der Waals surface area contributed by atoms with E-state index in [1.165, 1.54) is 6.42 Å². The minimum atomic E-state index is -0.217. The Balaban J connectivity index is 1.95. The highest BCUT2D eigenvalue weighted by Crippen LogP contribution is 2.31. The molecule has 102 valence electrons. The quantitative estimate of drug-likeness (QED) is 0.887. The van der Waals surface area contributed by atoms with Gasteiger partial charge in [-0.1, -0.05) is 19.3 Å². The van der Waals surface area contributed by atoms with E-state index in [0.717, 1.165) is 42.7 Å². The summed E-state index contributed by atoms with van der Waals surface area (Å²) in [6, 6.07) is 2.02. The van der Waals surface area contributed by atoms with Crippen LogP contribution in [0.25, 0.3) is 5.52 Å². The first-order valence-electron chi connectivity index (χ1n) is 6.92. The van der Waals surface area contributed by atoms with E-state index in [1.807, 2.05) is 23.7 Å². The zero-order valence-electron chi connectivity index (χ0n) is 11.3. The van der Waals surface area contributed by atoms with Gasteiger partial charge >= 0.3 is 0 Å². The van der Waals surface area contributed by atoms with Crippen molar-refractivity contribution in [3.63, 3.8) is 0 Å². The Hall–Kier alpha value is -1.62. The van der Waals surface area contributed by atoms with E-state index >= 15 is 0 Å². The summed E-state index contributed by atoms with van der Waals surface area (Å²) in [5.41, 5.74) is 1.72. The molecule has 2 heterocycles. The third kappa shape index (κ3) is 2.30. The molecule has 3 rings (SSSR count). The van der Waals surface area contributed by atoms with Gasteiger partial charge in [-0.3, -0.25) is 0 Å². The third-order valence-electron chi connectivity index (χ3n) is 4.01. The highest BCUT2D eigenvalue weighted by Gasteiger charge is 2.32. The molecule has 0 aromatic carbocycles. The molecule has 5 nitrogen and oxygen atoms in total. The third-order valence-corrected chi connectivity index (χ3v) is 4.01.